The summed E-state index contributed by atoms with van der Waals surface area (Å²) in [5.41, 5.74) is 4.38. The average Bonchev–Trinajstić information content (AvgIpc) is 3.21. The van der Waals surface area contributed by atoms with E-state index in [2.05, 4.69) is 15.2 Å². The summed E-state index contributed by atoms with van der Waals surface area (Å²) in [7, 11) is 0. The number of nitrogens with zero attached hydrogens (tertiary/aromatic N) is 5. The Hall–Kier alpha value is -3.00. The number of aryl methyl sites for hydroxylation is 3. The van der Waals surface area contributed by atoms with E-state index >= 15 is 0 Å². The standard InChI is InChI=1S/C21H20FN5OS/c1-12-9-13(2)27-20(23-12)24-25-21(27)29-11-19(28)16-10-14(3)26(15(16)4)18-8-6-5-7-17(18)22/h5-10H,11H2,1-4H3. The fraction of sp³-hybridized carbons (Fsp3) is 0.238. The number of para-hydroxylation sites is 1. The molecule has 0 amide bonds. The van der Waals surface area contributed by atoms with E-state index in [1.807, 2.05) is 44.2 Å². The monoisotopic (exact) mass is 409 g/mol. The van der Waals surface area contributed by atoms with E-state index in [1.165, 1.54) is 17.8 Å². The van der Waals surface area contributed by atoms with Gasteiger partial charge >= 0.3 is 0 Å². The van der Waals surface area contributed by atoms with Crippen LogP contribution in [0.15, 0.2) is 41.6 Å². The van der Waals surface area contributed by atoms with E-state index < -0.39 is 0 Å². The Morgan fingerprint density at radius 1 is 1.07 bits per heavy atom. The van der Waals surface area contributed by atoms with Crippen molar-refractivity contribution in [3.63, 3.8) is 0 Å². The van der Waals surface area contributed by atoms with Crippen LogP contribution in [0.3, 0.4) is 0 Å². The number of carbonyl (C=O) groups excluding carboxylic acids is 1. The van der Waals surface area contributed by atoms with Crippen molar-refractivity contribution in [3.8, 4) is 5.69 Å². The minimum atomic E-state index is -0.323. The highest BCUT2D eigenvalue weighted by atomic mass is 32.2. The molecule has 0 aliphatic rings. The van der Waals surface area contributed by atoms with Gasteiger partial charge in [0.25, 0.3) is 5.78 Å². The molecule has 0 saturated heterocycles. The van der Waals surface area contributed by atoms with E-state index in [1.54, 1.807) is 22.8 Å². The molecule has 0 atom stereocenters. The van der Waals surface area contributed by atoms with Crippen LogP contribution < -0.4 is 0 Å². The second-order valence-electron chi connectivity index (χ2n) is 6.94. The molecule has 0 bridgehead atoms. The predicted octanol–water partition coefficient (Wildman–Crippen LogP) is 4.26. The minimum Gasteiger partial charge on any atom is -0.315 e. The summed E-state index contributed by atoms with van der Waals surface area (Å²) in [5.74, 6) is 0.363. The van der Waals surface area contributed by atoms with Crippen LogP contribution in [0, 0.1) is 33.5 Å². The summed E-state index contributed by atoms with van der Waals surface area (Å²) in [6.07, 6.45) is 0. The van der Waals surface area contributed by atoms with Crippen LogP contribution in [0.4, 0.5) is 4.39 Å². The van der Waals surface area contributed by atoms with Crippen LogP contribution in [-0.2, 0) is 0 Å². The number of fused-ring (bicyclic) bond motifs is 1. The molecule has 8 heteroatoms. The summed E-state index contributed by atoms with van der Waals surface area (Å²) in [5, 5.41) is 8.90. The van der Waals surface area contributed by atoms with Gasteiger partial charge < -0.3 is 4.57 Å². The van der Waals surface area contributed by atoms with Crippen LogP contribution in [0.5, 0.6) is 0 Å². The van der Waals surface area contributed by atoms with Crippen molar-refractivity contribution in [2.75, 3.05) is 5.75 Å². The molecule has 0 unspecified atom stereocenters. The zero-order valence-corrected chi connectivity index (χ0v) is 17.4. The molecule has 29 heavy (non-hydrogen) atoms. The van der Waals surface area contributed by atoms with E-state index in [4.69, 9.17) is 0 Å². The quantitative estimate of drug-likeness (QED) is 0.364. The highest BCUT2D eigenvalue weighted by molar-refractivity contribution is 7.99. The van der Waals surface area contributed by atoms with Gasteiger partial charge in [0.15, 0.2) is 10.9 Å². The molecule has 0 radical (unpaired) electrons. The van der Waals surface area contributed by atoms with Gasteiger partial charge in [-0.15, -0.1) is 10.2 Å². The third kappa shape index (κ3) is 3.44. The smallest absolute Gasteiger partial charge is 0.256 e. The molecule has 3 heterocycles. The maximum Gasteiger partial charge on any atom is 0.256 e. The molecule has 0 aliphatic carbocycles. The van der Waals surface area contributed by atoms with Gasteiger partial charge in [-0.05, 0) is 52.0 Å². The first kappa shape index (κ1) is 19.3. The number of halogens is 1. The Morgan fingerprint density at radius 3 is 2.59 bits per heavy atom. The molecule has 148 valence electrons. The molecule has 6 nitrogen and oxygen atoms in total. The summed E-state index contributed by atoms with van der Waals surface area (Å²) >= 11 is 1.32. The SMILES string of the molecule is Cc1cc(C)n2c(SCC(=O)c3cc(C)n(-c4ccccc4F)c3C)nnc2n1. The number of benzene rings is 1. The second kappa shape index (κ2) is 7.44. The Kier molecular flexibility index (Phi) is 4.96. The second-order valence-corrected chi connectivity index (χ2v) is 7.88. The van der Waals surface area contributed by atoms with Gasteiger partial charge in [-0.25, -0.2) is 9.37 Å². The third-order valence-corrected chi connectivity index (χ3v) is 5.75. The van der Waals surface area contributed by atoms with E-state index in [0.717, 1.165) is 22.8 Å². The number of aromatic nitrogens is 5. The van der Waals surface area contributed by atoms with Crippen molar-refractivity contribution in [3.05, 3.63) is 70.6 Å². The van der Waals surface area contributed by atoms with Gasteiger partial charge in [-0.2, -0.15) is 0 Å². The number of hydrogen-bond donors (Lipinski definition) is 0. The molecule has 0 aliphatic heterocycles. The summed E-state index contributed by atoms with van der Waals surface area (Å²) < 4.78 is 17.9. The molecule has 0 saturated carbocycles. The molecule has 1 aromatic carbocycles. The third-order valence-electron chi connectivity index (χ3n) is 4.82. The first-order chi connectivity index (χ1) is 13.9. The maximum absolute atomic E-state index is 14.3. The van der Waals surface area contributed by atoms with Crippen LogP contribution in [-0.4, -0.2) is 35.7 Å². The summed E-state index contributed by atoms with van der Waals surface area (Å²) in [4.78, 5) is 17.3. The first-order valence-electron chi connectivity index (χ1n) is 9.16. The lowest BCUT2D eigenvalue weighted by Gasteiger charge is -2.10. The highest BCUT2D eigenvalue weighted by Gasteiger charge is 2.19. The van der Waals surface area contributed by atoms with Crippen molar-refractivity contribution >= 4 is 23.3 Å². The summed E-state index contributed by atoms with van der Waals surface area (Å²) in [6.45, 7) is 7.57. The molecule has 0 spiro atoms. The Bertz CT molecular complexity index is 1240. The van der Waals surface area contributed by atoms with E-state index in [-0.39, 0.29) is 17.4 Å². The van der Waals surface area contributed by atoms with Gasteiger partial charge in [-0.1, -0.05) is 23.9 Å². The average molecular weight is 409 g/mol. The van der Waals surface area contributed by atoms with Crippen LogP contribution in [0.1, 0.15) is 33.1 Å². The van der Waals surface area contributed by atoms with Gasteiger partial charge in [0, 0.05) is 28.3 Å². The summed E-state index contributed by atoms with van der Waals surface area (Å²) in [6, 6.07) is 10.3. The zero-order valence-electron chi connectivity index (χ0n) is 16.6. The van der Waals surface area contributed by atoms with E-state index in [0.29, 0.717) is 22.2 Å². The van der Waals surface area contributed by atoms with Gasteiger partial charge in [-0.3, -0.25) is 9.20 Å². The van der Waals surface area contributed by atoms with Crippen molar-refractivity contribution in [1.82, 2.24) is 24.1 Å². The van der Waals surface area contributed by atoms with Crippen LogP contribution >= 0.6 is 11.8 Å². The Balaban J connectivity index is 1.61. The largest absolute Gasteiger partial charge is 0.315 e. The molecular weight excluding hydrogens is 389 g/mol. The normalized spacial score (nSPS) is 11.3. The first-order valence-corrected chi connectivity index (χ1v) is 10.1. The van der Waals surface area contributed by atoms with Crippen molar-refractivity contribution in [1.29, 1.82) is 0 Å². The van der Waals surface area contributed by atoms with Crippen molar-refractivity contribution < 1.29 is 9.18 Å². The number of hydrogen-bond acceptors (Lipinski definition) is 5. The lowest BCUT2D eigenvalue weighted by molar-refractivity contribution is 0.102. The molecule has 4 aromatic rings. The number of thioether (sulfide) groups is 1. The van der Waals surface area contributed by atoms with Crippen LogP contribution in [0.25, 0.3) is 11.5 Å². The number of carbonyl (C=O) groups is 1. The molecule has 3 aromatic heterocycles. The Morgan fingerprint density at radius 2 is 1.83 bits per heavy atom. The lowest BCUT2D eigenvalue weighted by atomic mass is 10.2. The van der Waals surface area contributed by atoms with Gasteiger partial charge in [0.2, 0.25) is 0 Å². The minimum absolute atomic E-state index is 0.0415. The number of rotatable bonds is 5. The molecule has 4 rings (SSSR count). The molecule has 0 fully saturated rings. The van der Waals surface area contributed by atoms with E-state index in [9.17, 15) is 9.18 Å². The zero-order chi connectivity index (χ0) is 20.7. The lowest BCUT2D eigenvalue weighted by Crippen LogP contribution is -2.07. The fourth-order valence-electron chi connectivity index (χ4n) is 3.55. The molecule has 0 N–H and O–H groups in total. The predicted molar refractivity (Wildman–Crippen MR) is 111 cm³/mol. The maximum atomic E-state index is 14.3. The van der Waals surface area contributed by atoms with Gasteiger partial charge in [0.1, 0.15) is 5.82 Å². The fourth-order valence-corrected chi connectivity index (χ4v) is 4.42. The van der Waals surface area contributed by atoms with Crippen LogP contribution in [0.2, 0.25) is 0 Å². The number of Topliss-reactive ketones (excluding diaryl/α,β-unsaturated/α-hetero) is 1. The van der Waals surface area contributed by atoms with Crippen molar-refractivity contribution in [2.24, 2.45) is 0 Å². The molecular formula is C21H20FN5OS. The Labute approximate surface area is 171 Å². The van der Waals surface area contributed by atoms with Crippen molar-refractivity contribution in [2.45, 2.75) is 32.9 Å². The highest BCUT2D eigenvalue weighted by Crippen LogP contribution is 2.25. The topological polar surface area (TPSA) is 65.1 Å². The van der Waals surface area contributed by atoms with Gasteiger partial charge in [0.05, 0.1) is 11.4 Å². The number of ketones is 1.